The molecule has 0 aliphatic heterocycles. The number of halogens is 3. The highest BCUT2D eigenvalue weighted by molar-refractivity contribution is 7.91. The molecule has 1 aromatic carbocycles. The number of nitrogen functional groups attached to an aromatic ring is 1. The first-order valence-electron chi connectivity index (χ1n) is 6.87. The number of nitrogens with two attached hydrogens (primary N) is 1. The highest BCUT2D eigenvalue weighted by Gasteiger charge is 2.36. The lowest BCUT2D eigenvalue weighted by molar-refractivity contribution is -0.138. The van der Waals surface area contributed by atoms with Crippen molar-refractivity contribution in [1.29, 1.82) is 0 Å². The van der Waals surface area contributed by atoms with Crippen LogP contribution >= 0.6 is 0 Å². The smallest absolute Gasteiger partial charge is 0.399 e. The Morgan fingerprint density at radius 3 is 2.33 bits per heavy atom. The number of hydrogen-bond donors (Lipinski definition) is 1. The summed E-state index contributed by atoms with van der Waals surface area (Å²) in [4.78, 5) is 0. The SMILES string of the molecule is Nc1ccc(CS(=O)(=O)C2CCCCC2)c(C(F)(F)F)c1. The Bertz CT molecular complexity index is 605. The topological polar surface area (TPSA) is 60.2 Å². The Balaban J connectivity index is 2.30. The first-order chi connectivity index (χ1) is 9.70. The van der Waals surface area contributed by atoms with Crippen LogP contribution in [0, 0.1) is 0 Å². The van der Waals surface area contributed by atoms with Gasteiger partial charge in [0.2, 0.25) is 0 Å². The van der Waals surface area contributed by atoms with Gasteiger partial charge in [0, 0.05) is 5.69 Å². The normalized spacial score (nSPS) is 17.9. The molecule has 1 aromatic rings. The second-order valence-electron chi connectivity index (χ2n) is 5.48. The fourth-order valence-corrected chi connectivity index (χ4v) is 4.72. The summed E-state index contributed by atoms with van der Waals surface area (Å²) in [5, 5.41) is -0.523. The second kappa shape index (κ2) is 5.87. The molecule has 2 N–H and O–H groups in total. The van der Waals surface area contributed by atoms with E-state index >= 15 is 0 Å². The Labute approximate surface area is 122 Å². The maximum atomic E-state index is 13.0. The molecule has 0 atom stereocenters. The van der Waals surface area contributed by atoms with Gasteiger partial charge in [-0.15, -0.1) is 0 Å². The van der Waals surface area contributed by atoms with Gasteiger partial charge in [-0.2, -0.15) is 13.2 Å². The van der Waals surface area contributed by atoms with Crippen molar-refractivity contribution in [2.45, 2.75) is 49.3 Å². The minimum absolute atomic E-state index is 0.0267. The zero-order valence-electron chi connectivity index (χ0n) is 11.5. The largest absolute Gasteiger partial charge is 0.416 e. The number of rotatable bonds is 3. The van der Waals surface area contributed by atoms with Gasteiger partial charge in [0.05, 0.1) is 16.6 Å². The molecule has 0 bridgehead atoms. The summed E-state index contributed by atoms with van der Waals surface area (Å²) in [6.07, 6.45) is -0.901. The third kappa shape index (κ3) is 3.90. The van der Waals surface area contributed by atoms with Crippen LogP contribution in [0.5, 0.6) is 0 Å². The third-order valence-corrected chi connectivity index (χ3v) is 6.06. The summed E-state index contributed by atoms with van der Waals surface area (Å²) < 4.78 is 63.6. The number of benzene rings is 1. The van der Waals surface area contributed by atoms with Gasteiger partial charge in [-0.1, -0.05) is 25.3 Å². The molecule has 1 saturated carbocycles. The van der Waals surface area contributed by atoms with Crippen LogP contribution in [-0.4, -0.2) is 13.7 Å². The lowest BCUT2D eigenvalue weighted by atomic mass is 10.0. The molecule has 0 aromatic heterocycles. The molecule has 21 heavy (non-hydrogen) atoms. The molecular formula is C14H18F3NO2S. The van der Waals surface area contributed by atoms with E-state index in [4.69, 9.17) is 5.73 Å². The van der Waals surface area contributed by atoms with E-state index in [1.165, 1.54) is 12.1 Å². The third-order valence-electron chi connectivity index (χ3n) is 3.86. The molecule has 118 valence electrons. The number of anilines is 1. The minimum atomic E-state index is -4.60. The molecule has 1 fully saturated rings. The number of alkyl halides is 3. The molecular weight excluding hydrogens is 303 g/mol. The summed E-state index contributed by atoms with van der Waals surface area (Å²) in [5.41, 5.74) is 4.18. The van der Waals surface area contributed by atoms with Crippen LogP contribution in [0.4, 0.5) is 18.9 Å². The van der Waals surface area contributed by atoms with E-state index in [-0.39, 0.29) is 11.3 Å². The van der Waals surface area contributed by atoms with Crippen LogP contribution in [0.15, 0.2) is 18.2 Å². The molecule has 0 spiro atoms. The monoisotopic (exact) mass is 321 g/mol. The van der Waals surface area contributed by atoms with E-state index in [9.17, 15) is 21.6 Å². The van der Waals surface area contributed by atoms with Gasteiger partial charge in [0.1, 0.15) is 0 Å². The molecule has 1 aliphatic rings. The lowest BCUT2D eigenvalue weighted by Crippen LogP contribution is -2.26. The maximum absolute atomic E-state index is 13.0. The molecule has 7 heteroatoms. The van der Waals surface area contributed by atoms with Gasteiger partial charge in [-0.25, -0.2) is 8.42 Å². The first kappa shape index (κ1) is 16.1. The van der Waals surface area contributed by atoms with E-state index in [0.717, 1.165) is 25.3 Å². The predicted molar refractivity (Wildman–Crippen MR) is 75.4 cm³/mol. The van der Waals surface area contributed by atoms with Crippen LogP contribution in [-0.2, 0) is 21.8 Å². The number of sulfone groups is 1. The fourth-order valence-electron chi connectivity index (χ4n) is 2.74. The highest BCUT2D eigenvalue weighted by atomic mass is 32.2. The molecule has 2 rings (SSSR count). The molecule has 0 unspecified atom stereocenters. The second-order valence-corrected chi connectivity index (χ2v) is 7.76. The van der Waals surface area contributed by atoms with Crippen molar-refractivity contribution >= 4 is 15.5 Å². The fraction of sp³-hybridized carbons (Fsp3) is 0.571. The molecule has 1 aliphatic carbocycles. The van der Waals surface area contributed by atoms with Gasteiger partial charge in [-0.3, -0.25) is 0 Å². The van der Waals surface area contributed by atoms with Crippen molar-refractivity contribution in [3.63, 3.8) is 0 Å². The van der Waals surface area contributed by atoms with E-state index in [0.29, 0.717) is 12.8 Å². The van der Waals surface area contributed by atoms with Crippen LogP contribution in [0.3, 0.4) is 0 Å². The maximum Gasteiger partial charge on any atom is 0.416 e. The van der Waals surface area contributed by atoms with Gasteiger partial charge in [0.15, 0.2) is 9.84 Å². The average molecular weight is 321 g/mol. The highest BCUT2D eigenvalue weighted by Crippen LogP contribution is 2.35. The Morgan fingerprint density at radius 1 is 1.14 bits per heavy atom. The van der Waals surface area contributed by atoms with Gasteiger partial charge < -0.3 is 5.73 Å². The van der Waals surface area contributed by atoms with Gasteiger partial charge >= 0.3 is 6.18 Å². The molecule has 0 heterocycles. The summed E-state index contributed by atoms with van der Waals surface area (Å²) in [6.45, 7) is 0. The Morgan fingerprint density at radius 2 is 1.76 bits per heavy atom. The van der Waals surface area contributed by atoms with E-state index in [2.05, 4.69) is 0 Å². The van der Waals surface area contributed by atoms with E-state index in [1.54, 1.807) is 0 Å². The van der Waals surface area contributed by atoms with Gasteiger partial charge in [-0.05, 0) is 30.5 Å². The predicted octanol–water partition coefficient (Wildman–Crippen LogP) is 3.54. The number of hydrogen-bond acceptors (Lipinski definition) is 3. The molecule has 0 saturated heterocycles. The molecule has 3 nitrogen and oxygen atoms in total. The Kier molecular flexibility index (Phi) is 4.51. The summed E-state index contributed by atoms with van der Waals surface area (Å²) in [5.74, 6) is -0.577. The summed E-state index contributed by atoms with van der Waals surface area (Å²) >= 11 is 0. The van der Waals surface area contributed by atoms with Crippen molar-refractivity contribution in [2.75, 3.05) is 5.73 Å². The summed E-state index contributed by atoms with van der Waals surface area (Å²) in [7, 11) is -3.57. The van der Waals surface area contributed by atoms with Crippen molar-refractivity contribution in [2.24, 2.45) is 0 Å². The zero-order chi connectivity index (χ0) is 15.7. The van der Waals surface area contributed by atoms with Crippen molar-refractivity contribution in [3.8, 4) is 0 Å². The summed E-state index contributed by atoms with van der Waals surface area (Å²) in [6, 6.07) is 3.27. The quantitative estimate of drug-likeness (QED) is 0.866. The van der Waals surface area contributed by atoms with Crippen molar-refractivity contribution in [3.05, 3.63) is 29.3 Å². The molecule has 0 radical (unpaired) electrons. The van der Waals surface area contributed by atoms with E-state index in [1.807, 2.05) is 0 Å². The lowest BCUT2D eigenvalue weighted by Gasteiger charge is -2.22. The van der Waals surface area contributed by atoms with E-state index < -0.39 is 32.6 Å². The Hall–Kier alpha value is -1.24. The molecule has 0 amide bonds. The first-order valence-corrected chi connectivity index (χ1v) is 8.59. The van der Waals surface area contributed by atoms with Crippen LogP contribution in [0.25, 0.3) is 0 Å². The van der Waals surface area contributed by atoms with Crippen LogP contribution in [0.2, 0.25) is 0 Å². The zero-order valence-corrected chi connectivity index (χ0v) is 12.3. The van der Waals surface area contributed by atoms with Crippen molar-refractivity contribution in [1.82, 2.24) is 0 Å². The standard InChI is InChI=1S/C14H18F3NO2S/c15-14(16,17)13-8-11(18)7-6-10(13)9-21(19,20)12-4-2-1-3-5-12/h6-8,12H,1-5,9,18H2. The van der Waals surface area contributed by atoms with Crippen LogP contribution < -0.4 is 5.73 Å². The van der Waals surface area contributed by atoms with Crippen molar-refractivity contribution < 1.29 is 21.6 Å². The average Bonchev–Trinajstić information content (AvgIpc) is 2.40. The minimum Gasteiger partial charge on any atom is -0.399 e. The van der Waals surface area contributed by atoms with Gasteiger partial charge in [0.25, 0.3) is 0 Å². The van der Waals surface area contributed by atoms with Crippen LogP contribution in [0.1, 0.15) is 43.2 Å².